The van der Waals surface area contributed by atoms with E-state index in [-0.39, 0.29) is 39.1 Å². The second-order valence-corrected chi connectivity index (χ2v) is 23.1. The Bertz CT molecular complexity index is 2480. The first-order valence-corrected chi connectivity index (χ1v) is 23.6. The highest BCUT2D eigenvalue weighted by atomic mass is 79.9. The molecule has 0 saturated carbocycles. The molecule has 0 bridgehead atoms. The molecule has 0 atom stereocenters. The predicted molar refractivity (Wildman–Crippen MR) is 277 cm³/mol. The Kier molecular flexibility index (Phi) is 20.5. The molecule has 0 fully saturated rings. The number of methoxy groups -OCH3 is 1. The summed E-state index contributed by atoms with van der Waals surface area (Å²) >= 11 is 3.29. The van der Waals surface area contributed by atoms with Crippen molar-refractivity contribution in [1.29, 1.82) is 0 Å². The van der Waals surface area contributed by atoms with Gasteiger partial charge in [-0.2, -0.15) is 24.8 Å². The maximum Gasteiger partial charge on any atom is 0.232 e. The summed E-state index contributed by atoms with van der Waals surface area (Å²) in [4.78, 5) is 0. The number of nitrogens with zero attached hydrogens (tertiary/aromatic N) is 12. The Morgan fingerprint density at radius 2 is 0.941 bits per heavy atom. The van der Waals surface area contributed by atoms with Gasteiger partial charge in [-0.15, -0.1) is 10.2 Å². The van der Waals surface area contributed by atoms with Gasteiger partial charge in [-0.1, -0.05) is 30.3 Å². The van der Waals surface area contributed by atoms with Crippen LogP contribution >= 0.6 is 15.9 Å². The fourth-order valence-electron chi connectivity index (χ4n) is 5.95. The molecule has 6 heterocycles. The summed E-state index contributed by atoms with van der Waals surface area (Å²) in [6.07, 6.45) is 9.38. The Morgan fingerprint density at radius 1 is 0.485 bits per heavy atom. The number of aromatic nitrogens is 12. The van der Waals surface area contributed by atoms with Gasteiger partial charge in [0.2, 0.25) is 11.8 Å². The minimum atomic E-state index is -0.421. The number of benzene rings is 1. The average molecular weight is 1010 g/mol. The van der Waals surface area contributed by atoms with E-state index in [2.05, 4.69) is 155 Å². The van der Waals surface area contributed by atoms with E-state index in [0.29, 0.717) is 17.3 Å². The van der Waals surface area contributed by atoms with Gasteiger partial charge in [-0.25, -0.2) is 4.39 Å². The van der Waals surface area contributed by atoms with Crippen LogP contribution in [0.25, 0.3) is 11.3 Å². The zero-order valence-electron chi connectivity index (χ0n) is 45.1. The Labute approximate surface area is 414 Å². The monoisotopic (exact) mass is 1010 g/mol. The van der Waals surface area contributed by atoms with Crippen molar-refractivity contribution in [1.82, 2.24) is 58.7 Å². The van der Waals surface area contributed by atoms with Crippen molar-refractivity contribution < 1.29 is 13.5 Å². The van der Waals surface area contributed by atoms with E-state index in [4.69, 9.17) is 4.74 Å². The SMILES string of the molecule is CC(C)(C)n1ccc(-c2ccccc2)n1.CC(C)(C)n1ccc(Br)n1.CC(C)(C)n1ccc(F)n1.COc1ccn(C(C)(C)C)n1.Cc1ccnn1C(C)(C)C.Cc1nn(C(C)(C)C)c(C)c1F. The second kappa shape index (κ2) is 23.8. The van der Waals surface area contributed by atoms with E-state index in [1.807, 2.05) is 121 Å². The van der Waals surface area contributed by atoms with Gasteiger partial charge in [-0.3, -0.25) is 28.1 Å². The highest BCUT2D eigenvalue weighted by Gasteiger charge is 2.21. The molecule has 0 saturated heterocycles. The van der Waals surface area contributed by atoms with Crippen LogP contribution < -0.4 is 4.74 Å². The molecular formula is C52H81BrF2N12O. The van der Waals surface area contributed by atoms with Gasteiger partial charge >= 0.3 is 0 Å². The molecule has 0 amide bonds. The van der Waals surface area contributed by atoms with Crippen LogP contribution in [0.2, 0.25) is 0 Å². The highest BCUT2D eigenvalue weighted by Crippen LogP contribution is 2.22. The first-order chi connectivity index (χ1) is 31.0. The van der Waals surface area contributed by atoms with Crippen molar-refractivity contribution in [2.24, 2.45) is 0 Å². The van der Waals surface area contributed by atoms with Gasteiger partial charge in [0, 0.05) is 54.4 Å². The average Bonchev–Trinajstić information content (AvgIpc) is 4.07. The standard InChI is InChI=1S/C13H16N2.C9H15FN2.C8H14N2O.C8H14N2.C7H11BrN2.C7H11FN2/c1-13(2,3)15-10-9-12(14-15)11-7-5-4-6-8-11;1-6-8(10)7(2)12(11-6)9(3,4)5;1-8(2,3)10-6-5-7(9-10)11-4;1-7-5-6-9-10(7)8(2,3)4;2*1-7(2,3)10-5-4-6(8)9-10/h4-10H,1-3H3;1-5H3;5-6H,1-4H3;5-6H,1-4H3;2*4-5H,1-3H3. The fraction of sp³-hybridized carbons (Fsp3) is 0.538. The van der Waals surface area contributed by atoms with Crippen LogP contribution in [-0.2, 0) is 33.2 Å². The molecule has 6 aromatic heterocycles. The van der Waals surface area contributed by atoms with E-state index < -0.39 is 5.95 Å². The number of aryl methyl sites for hydroxylation is 2. The minimum absolute atomic E-state index is 0.0385. The smallest absolute Gasteiger partial charge is 0.232 e. The first-order valence-electron chi connectivity index (χ1n) is 22.8. The van der Waals surface area contributed by atoms with Crippen molar-refractivity contribution in [3.8, 4) is 17.1 Å². The maximum atomic E-state index is 13.2. The quantitative estimate of drug-likeness (QED) is 0.169. The third-order valence-electron chi connectivity index (χ3n) is 9.60. The second-order valence-electron chi connectivity index (χ2n) is 22.3. The third-order valence-corrected chi connectivity index (χ3v) is 10.0. The van der Waals surface area contributed by atoms with Crippen molar-refractivity contribution in [3.63, 3.8) is 0 Å². The molecule has 7 rings (SSSR count). The summed E-state index contributed by atoms with van der Waals surface area (Å²) in [6, 6.07) is 19.5. The zero-order valence-corrected chi connectivity index (χ0v) is 46.7. The third kappa shape index (κ3) is 19.0. The van der Waals surface area contributed by atoms with Crippen molar-refractivity contribution in [2.45, 2.75) is 179 Å². The summed E-state index contributed by atoms with van der Waals surface area (Å²) in [7, 11) is 1.62. The van der Waals surface area contributed by atoms with Crippen LogP contribution in [0.3, 0.4) is 0 Å². The summed E-state index contributed by atoms with van der Waals surface area (Å²) in [5.41, 5.74) is 4.54. The lowest BCUT2D eigenvalue weighted by Crippen LogP contribution is -2.24. The number of hydrogen-bond donors (Lipinski definition) is 0. The lowest BCUT2D eigenvalue weighted by molar-refractivity contribution is 0.329. The van der Waals surface area contributed by atoms with Gasteiger partial charge in [0.05, 0.1) is 57.4 Å². The molecule has 0 unspecified atom stereocenters. The van der Waals surface area contributed by atoms with Crippen LogP contribution in [0, 0.1) is 32.5 Å². The summed E-state index contributed by atoms with van der Waals surface area (Å²) in [5, 5.41) is 24.9. The van der Waals surface area contributed by atoms with Crippen LogP contribution in [0.15, 0.2) is 96.3 Å². The molecule has 0 spiro atoms. The molecule has 7 aromatic rings. The van der Waals surface area contributed by atoms with E-state index in [1.54, 1.807) is 36.5 Å². The van der Waals surface area contributed by atoms with Crippen molar-refractivity contribution >= 4 is 15.9 Å². The molecular weight excluding hydrogens is 927 g/mol. The van der Waals surface area contributed by atoms with E-state index in [1.165, 1.54) is 17.3 Å². The number of hydrogen-bond acceptors (Lipinski definition) is 7. The van der Waals surface area contributed by atoms with Gasteiger partial charge < -0.3 is 4.74 Å². The molecule has 0 N–H and O–H groups in total. The molecule has 16 heteroatoms. The first kappa shape index (κ1) is 58.7. The number of halogens is 3. The molecule has 376 valence electrons. The van der Waals surface area contributed by atoms with E-state index in [9.17, 15) is 8.78 Å². The van der Waals surface area contributed by atoms with Crippen LogP contribution in [-0.4, -0.2) is 65.8 Å². The Balaban J connectivity index is 0.000000282. The van der Waals surface area contributed by atoms with E-state index in [0.717, 1.165) is 10.3 Å². The molecule has 0 radical (unpaired) electrons. The van der Waals surface area contributed by atoms with Crippen LogP contribution in [0.1, 0.15) is 142 Å². The summed E-state index contributed by atoms with van der Waals surface area (Å²) < 4.78 is 42.5. The van der Waals surface area contributed by atoms with Gasteiger partial charge in [0.15, 0.2) is 5.82 Å². The fourth-order valence-corrected chi connectivity index (χ4v) is 6.24. The zero-order chi connectivity index (χ0) is 52.2. The van der Waals surface area contributed by atoms with Gasteiger partial charge in [0.25, 0.3) is 0 Å². The Hall–Kier alpha value is -5.38. The highest BCUT2D eigenvalue weighted by molar-refractivity contribution is 9.10. The molecule has 68 heavy (non-hydrogen) atoms. The molecule has 0 aliphatic rings. The molecule has 0 aliphatic carbocycles. The van der Waals surface area contributed by atoms with E-state index >= 15 is 0 Å². The normalized spacial score (nSPS) is 11.9. The molecule has 13 nitrogen and oxygen atoms in total. The predicted octanol–water partition coefficient (Wildman–Crippen LogP) is 13.5. The number of ether oxygens (including phenoxy) is 1. The summed E-state index contributed by atoms with van der Waals surface area (Å²) in [6.45, 7) is 43.0. The lowest BCUT2D eigenvalue weighted by atomic mass is 10.1. The molecule has 0 aliphatic heterocycles. The van der Waals surface area contributed by atoms with Crippen LogP contribution in [0.4, 0.5) is 8.78 Å². The lowest BCUT2D eigenvalue weighted by Gasteiger charge is -2.20. The number of rotatable bonds is 2. The Morgan fingerprint density at radius 3 is 1.22 bits per heavy atom. The summed E-state index contributed by atoms with van der Waals surface area (Å²) in [5.74, 6) is 0.0553. The minimum Gasteiger partial charge on any atom is -0.480 e. The van der Waals surface area contributed by atoms with Gasteiger partial charge in [-0.05, 0) is 180 Å². The topological polar surface area (TPSA) is 116 Å². The van der Waals surface area contributed by atoms with Crippen molar-refractivity contribution in [3.05, 3.63) is 125 Å². The van der Waals surface area contributed by atoms with Gasteiger partial charge in [0.1, 0.15) is 4.60 Å². The molecule has 1 aromatic carbocycles. The maximum absolute atomic E-state index is 13.2. The largest absolute Gasteiger partial charge is 0.480 e. The van der Waals surface area contributed by atoms with Crippen LogP contribution in [0.5, 0.6) is 5.88 Å². The van der Waals surface area contributed by atoms with Crippen molar-refractivity contribution in [2.75, 3.05) is 7.11 Å².